The number of ether oxygens (including phenoxy) is 2. The number of H-pyrrole nitrogens is 1. The van der Waals surface area contributed by atoms with Gasteiger partial charge in [0.05, 0.1) is 37.9 Å². The van der Waals surface area contributed by atoms with Gasteiger partial charge >= 0.3 is 0 Å². The molecule has 1 aliphatic rings. The number of carbonyl (C=O) groups is 2. The van der Waals surface area contributed by atoms with Crippen molar-refractivity contribution in [2.75, 3.05) is 40.4 Å². The third-order valence-electron chi connectivity index (χ3n) is 8.72. The molecule has 3 aromatic heterocycles. The smallest absolute Gasteiger partial charge is 0.227 e. The number of Topliss-reactive ketones (excluding diaryl/α,β-unsaturated/α-hetero) is 1. The van der Waals surface area contributed by atoms with Crippen LogP contribution in [0.25, 0.3) is 33.1 Å². The van der Waals surface area contributed by atoms with Crippen molar-refractivity contribution in [3.8, 4) is 23.0 Å². The fraction of sp³-hybridized carbons (Fsp3) is 0.371. The number of aryl methyl sites for hydroxylation is 1. The molecule has 234 valence electrons. The Morgan fingerprint density at radius 3 is 2.73 bits per heavy atom. The van der Waals surface area contributed by atoms with Crippen molar-refractivity contribution in [1.29, 1.82) is 0 Å². The van der Waals surface area contributed by atoms with Crippen LogP contribution in [0.4, 0.5) is 0 Å². The second-order valence-electron chi connectivity index (χ2n) is 11.5. The quantitative estimate of drug-likeness (QED) is 0.197. The number of nitrogens with one attached hydrogen (secondary N) is 1. The summed E-state index contributed by atoms with van der Waals surface area (Å²) in [5, 5.41) is 1.93. The summed E-state index contributed by atoms with van der Waals surface area (Å²) in [6.45, 7) is 6.44. The number of ketones is 1. The number of fused-ring (bicyclic) bond motifs is 2. The van der Waals surface area contributed by atoms with Gasteiger partial charge in [0.1, 0.15) is 17.6 Å². The van der Waals surface area contributed by atoms with E-state index in [0.29, 0.717) is 55.6 Å². The number of oxazole rings is 1. The van der Waals surface area contributed by atoms with Crippen molar-refractivity contribution in [1.82, 2.24) is 24.8 Å². The molecule has 1 atom stereocenters. The lowest BCUT2D eigenvalue weighted by molar-refractivity contribution is -0.136. The minimum Gasteiger partial charge on any atom is -0.497 e. The lowest BCUT2D eigenvalue weighted by Crippen LogP contribution is -2.51. The zero-order valence-electron chi connectivity index (χ0n) is 26.3. The largest absolute Gasteiger partial charge is 0.497 e. The van der Waals surface area contributed by atoms with Gasteiger partial charge in [0.2, 0.25) is 17.7 Å². The third-order valence-corrected chi connectivity index (χ3v) is 8.72. The molecule has 1 amide bonds. The highest BCUT2D eigenvalue weighted by Gasteiger charge is 2.35. The van der Waals surface area contributed by atoms with E-state index in [4.69, 9.17) is 18.9 Å². The zero-order chi connectivity index (χ0) is 31.5. The van der Waals surface area contributed by atoms with Crippen LogP contribution in [0.3, 0.4) is 0 Å². The Balaban J connectivity index is 1.30. The summed E-state index contributed by atoms with van der Waals surface area (Å²) in [6.07, 6.45) is 3.80. The molecule has 10 nitrogen and oxygen atoms in total. The van der Waals surface area contributed by atoms with Gasteiger partial charge in [0.25, 0.3) is 0 Å². The number of aromatic nitrogens is 3. The van der Waals surface area contributed by atoms with Gasteiger partial charge in [-0.15, -0.1) is 0 Å². The van der Waals surface area contributed by atoms with E-state index in [1.807, 2.05) is 67.3 Å². The van der Waals surface area contributed by atoms with Gasteiger partial charge in [-0.2, -0.15) is 0 Å². The number of methoxy groups -OCH3 is 2. The standard InChI is InChI=1S/C35H39N5O5/c1-5-24(41)10-8-14-39-15-16-40(33(42)19-26-22(2)37-30-13-12-25(43-3)18-27(26)30)31(21-39)35-36-20-32(45-35)28-17-23-9-6-7-11-29(23)38-34(28)44-4/h6-7,9,11-13,17-18,20,31,37H,5,8,10,14-16,19,21H2,1-4H3. The molecule has 4 heterocycles. The van der Waals surface area contributed by atoms with Crippen molar-refractivity contribution in [3.63, 3.8) is 0 Å². The van der Waals surface area contributed by atoms with E-state index in [2.05, 4.69) is 14.9 Å². The van der Waals surface area contributed by atoms with Crippen molar-refractivity contribution in [2.45, 2.75) is 45.6 Å². The topological polar surface area (TPSA) is 114 Å². The first-order valence-electron chi connectivity index (χ1n) is 15.5. The second kappa shape index (κ2) is 13.1. The maximum atomic E-state index is 14.1. The number of amides is 1. The van der Waals surface area contributed by atoms with Crippen molar-refractivity contribution >= 4 is 33.5 Å². The molecule has 1 aliphatic heterocycles. The average Bonchev–Trinajstić information content (AvgIpc) is 3.68. The van der Waals surface area contributed by atoms with Crippen molar-refractivity contribution in [2.24, 2.45) is 0 Å². The number of aromatic amines is 1. The normalized spacial score (nSPS) is 15.6. The molecule has 10 heteroatoms. The summed E-state index contributed by atoms with van der Waals surface area (Å²) in [5.74, 6) is 2.44. The zero-order valence-corrected chi connectivity index (χ0v) is 26.3. The van der Waals surface area contributed by atoms with Gasteiger partial charge in [0, 0.05) is 54.5 Å². The van der Waals surface area contributed by atoms with Crippen LogP contribution < -0.4 is 9.47 Å². The Morgan fingerprint density at radius 1 is 1.09 bits per heavy atom. The highest BCUT2D eigenvalue weighted by molar-refractivity contribution is 5.91. The van der Waals surface area contributed by atoms with E-state index < -0.39 is 6.04 Å². The first-order chi connectivity index (χ1) is 21.9. The van der Waals surface area contributed by atoms with E-state index in [9.17, 15) is 9.59 Å². The number of benzene rings is 2. The van der Waals surface area contributed by atoms with Crippen LogP contribution in [-0.2, 0) is 16.0 Å². The Kier molecular flexibility index (Phi) is 8.84. The summed E-state index contributed by atoms with van der Waals surface area (Å²) in [5.41, 5.74) is 4.39. The maximum absolute atomic E-state index is 14.1. The fourth-order valence-electron chi connectivity index (χ4n) is 6.19. The first kappa shape index (κ1) is 30.3. The number of para-hydroxylation sites is 1. The van der Waals surface area contributed by atoms with E-state index in [1.165, 1.54) is 0 Å². The van der Waals surface area contributed by atoms with Crippen molar-refractivity contribution < 1.29 is 23.5 Å². The molecule has 0 aliphatic carbocycles. The predicted molar refractivity (Wildman–Crippen MR) is 173 cm³/mol. The van der Waals surface area contributed by atoms with Gasteiger partial charge in [-0.25, -0.2) is 9.97 Å². The summed E-state index contributed by atoms with van der Waals surface area (Å²) in [7, 11) is 3.23. The molecular formula is C35H39N5O5. The molecule has 0 bridgehead atoms. The molecule has 6 rings (SSSR count). The predicted octanol–water partition coefficient (Wildman–Crippen LogP) is 5.88. The molecule has 0 radical (unpaired) electrons. The third kappa shape index (κ3) is 6.28. The Morgan fingerprint density at radius 2 is 1.93 bits per heavy atom. The number of hydrogen-bond acceptors (Lipinski definition) is 8. The van der Waals surface area contributed by atoms with Gasteiger partial charge < -0.3 is 23.8 Å². The highest BCUT2D eigenvalue weighted by Crippen LogP contribution is 2.35. The average molecular weight is 610 g/mol. The number of nitrogens with zero attached hydrogens (tertiary/aromatic N) is 4. The lowest BCUT2D eigenvalue weighted by atomic mass is 10.0. The van der Waals surface area contributed by atoms with E-state index in [-0.39, 0.29) is 18.1 Å². The molecule has 0 saturated carbocycles. The Labute approximate surface area is 262 Å². The molecule has 45 heavy (non-hydrogen) atoms. The van der Waals surface area contributed by atoms with Crippen LogP contribution in [0.2, 0.25) is 0 Å². The molecule has 2 aromatic carbocycles. The number of piperazine rings is 1. The van der Waals surface area contributed by atoms with Crippen LogP contribution in [0.5, 0.6) is 11.6 Å². The number of pyridine rings is 1. The maximum Gasteiger partial charge on any atom is 0.227 e. The van der Waals surface area contributed by atoms with Crippen LogP contribution in [0.1, 0.15) is 49.4 Å². The minimum atomic E-state index is -0.402. The van der Waals surface area contributed by atoms with Gasteiger partial charge in [0.15, 0.2) is 5.76 Å². The van der Waals surface area contributed by atoms with Crippen LogP contribution in [0.15, 0.2) is 59.1 Å². The molecule has 1 saturated heterocycles. The molecule has 5 aromatic rings. The van der Waals surface area contributed by atoms with Gasteiger partial charge in [-0.3, -0.25) is 14.5 Å². The van der Waals surface area contributed by atoms with Gasteiger partial charge in [-0.05, 0) is 55.8 Å². The highest BCUT2D eigenvalue weighted by atomic mass is 16.5. The molecule has 1 N–H and O–H groups in total. The summed E-state index contributed by atoms with van der Waals surface area (Å²) in [6, 6.07) is 15.3. The monoisotopic (exact) mass is 609 g/mol. The Bertz CT molecular complexity index is 1840. The molecule has 0 spiro atoms. The summed E-state index contributed by atoms with van der Waals surface area (Å²) >= 11 is 0. The number of carbonyl (C=O) groups excluding carboxylic acids is 2. The fourth-order valence-corrected chi connectivity index (χ4v) is 6.19. The summed E-state index contributed by atoms with van der Waals surface area (Å²) < 4.78 is 17.5. The Hall–Kier alpha value is -4.70. The minimum absolute atomic E-state index is 0.00247. The number of rotatable bonds is 11. The van der Waals surface area contributed by atoms with Gasteiger partial charge in [-0.1, -0.05) is 25.1 Å². The summed E-state index contributed by atoms with van der Waals surface area (Å²) in [4.78, 5) is 43.0. The van der Waals surface area contributed by atoms with Crippen LogP contribution in [0, 0.1) is 6.92 Å². The van der Waals surface area contributed by atoms with Crippen LogP contribution in [-0.4, -0.2) is 76.8 Å². The van der Waals surface area contributed by atoms with Crippen molar-refractivity contribution in [3.05, 3.63) is 71.9 Å². The lowest BCUT2D eigenvalue weighted by Gasteiger charge is -2.40. The molecule has 1 fully saturated rings. The first-order valence-corrected chi connectivity index (χ1v) is 15.5. The number of hydrogen-bond donors (Lipinski definition) is 1. The van der Waals surface area contributed by atoms with Crippen LogP contribution >= 0.6 is 0 Å². The van der Waals surface area contributed by atoms with E-state index in [1.54, 1.807) is 20.4 Å². The second-order valence-corrected chi connectivity index (χ2v) is 11.5. The SMILES string of the molecule is CCC(=O)CCCN1CCN(C(=O)Cc2c(C)[nH]c3ccc(OC)cc23)C(c2ncc(-c3cc4ccccc4nc3OC)o2)C1. The molecule has 1 unspecified atom stereocenters. The van der Waals surface area contributed by atoms with E-state index in [0.717, 1.165) is 51.8 Å². The van der Waals surface area contributed by atoms with E-state index >= 15 is 0 Å². The molecular weight excluding hydrogens is 570 g/mol.